The van der Waals surface area contributed by atoms with Crippen molar-refractivity contribution in [1.29, 1.82) is 0 Å². The van der Waals surface area contributed by atoms with Crippen LogP contribution in [0, 0.1) is 5.82 Å². The fourth-order valence-corrected chi connectivity index (χ4v) is 4.62. The maximum atomic E-state index is 14.3. The molecule has 0 spiro atoms. The van der Waals surface area contributed by atoms with Gasteiger partial charge in [-0.15, -0.1) is 23.7 Å². The third-order valence-corrected chi connectivity index (χ3v) is 5.77. The van der Waals surface area contributed by atoms with E-state index in [9.17, 15) is 4.39 Å². The Morgan fingerprint density at radius 1 is 1.12 bits per heavy atom. The van der Waals surface area contributed by atoms with Crippen molar-refractivity contribution in [1.82, 2.24) is 4.90 Å². The van der Waals surface area contributed by atoms with Gasteiger partial charge in [0.2, 0.25) is 0 Å². The molecule has 1 aliphatic rings. The molecule has 0 unspecified atom stereocenters. The molecule has 1 aromatic heterocycles. The molecule has 1 nitrogen and oxygen atoms in total. The van der Waals surface area contributed by atoms with Crippen LogP contribution in [0.25, 0.3) is 10.4 Å². The molecule has 1 atom stereocenters. The highest BCUT2D eigenvalue weighted by Crippen LogP contribution is 2.36. The van der Waals surface area contributed by atoms with Gasteiger partial charge in [0.1, 0.15) is 5.82 Å². The molecule has 0 saturated carbocycles. The Hall–Kier alpha value is -0.900. The average molecular weight is 368 g/mol. The number of fused-ring (bicyclic) bond motifs is 1. The minimum atomic E-state index is -0.0173. The lowest BCUT2D eigenvalue weighted by Gasteiger charge is -2.36. The van der Waals surface area contributed by atoms with E-state index in [1.54, 1.807) is 17.4 Å². The van der Waals surface area contributed by atoms with Crippen LogP contribution in [0.4, 0.5) is 4.39 Å². The molecular formula is C20H27ClFNS. The summed E-state index contributed by atoms with van der Waals surface area (Å²) in [4.78, 5) is 3.88. The van der Waals surface area contributed by atoms with E-state index < -0.39 is 0 Å². The molecule has 2 aromatic rings. The number of hydrogen-bond donors (Lipinski definition) is 0. The van der Waals surface area contributed by atoms with E-state index in [4.69, 9.17) is 0 Å². The number of rotatable bonds is 6. The van der Waals surface area contributed by atoms with Gasteiger partial charge in [-0.3, -0.25) is 0 Å². The SMILES string of the molecule is CCCN(CCC)[C@@H]1CCc2c(F)ccc(-c3cccs3)c2C1.Cl. The van der Waals surface area contributed by atoms with E-state index in [1.165, 1.54) is 28.8 Å². The Morgan fingerprint density at radius 2 is 1.88 bits per heavy atom. The van der Waals surface area contributed by atoms with E-state index in [2.05, 4.69) is 36.3 Å². The lowest BCUT2D eigenvalue weighted by molar-refractivity contribution is 0.179. The van der Waals surface area contributed by atoms with Gasteiger partial charge in [0.15, 0.2) is 0 Å². The zero-order valence-electron chi connectivity index (χ0n) is 14.6. The van der Waals surface area contributed by atoms with Crippen LogP contribution in [-0.4, -0.2) is 24.0 Å². The van der Waals surface area contributed by atoms with Crippen molar-refractivity contribution in [3.8, 4) is 10.4 Å². The number of benzene rings is 1. The van der Waals surface area contributed by atoms with Crippen molar-refractivity contribution in [3.05, 3.63) is 46.6 Å². The van der Waals surface area contributed by atoms with Crippen LogP contribution in [0.2, 0.25) is 0 Å². The van der Waals surface area contributed by atoms with Crippen LogP contribution in [0.15, 0.2) is 29.6 Å². The van der Waals surface area contributed by atoms with Gasteiger partial charge in [0, 0.05) is 10.9 Å². The van der Waals surface area contributed by atoms with Gasteiger partial charge in [-0.1, -0.05) is 26.0 Å². The van der Waals surface area contributed by atoms with Gasteiger partial charge in [-0.05, 0) is 79.4 Å². The molecule has 1 heterocycles. The first-order valence-electron chi connectivity index (χ1n) is 8.82. The number of hydrogen-bond acceptors (Lipinski definition) is 2. The number of halogens is 2. The summed E-state index contributed by atoms with van der Waals surface area (Å²) in [7, 11) is 0. The lowest BCUT2D eigenvalue weighted by Crippen LogP contribution is -2.40. The Bertz CT molecular complexity index is 635. The standard InChI is InChI=1S/C20H26FNS.ClH/c1-3-11-22(12-4-2)15-7-8-16-18(14-15)17(9-10-19(16)21)20-6-5-13-23-20;/h5-6,9-10,13,15H,3-4,7-8,11-12,14H2,1-2H3;1H/t15-;/m1./s1. The monoisotopic (exact) mass is 367 g/mol. The van der Waals surface area contributed by atoms with Gasteiger partial charge >= 0.3 is 0 Å². The normalized spacial score (nSPS) is 16.8. The van der Waals surface area contributed by atoms with Crippen molar-refractivity contribution in [3.63, 3.8) is 0 Å². The second-order valence-corrected chi connectivity index (χ2v) is 7.41. The van der Waals surface area contributed by atoms with Gasteiger partial charge < -0.3 is 4.90 Å². The Labute approximate surface area is 155 Å². The summed E-state index contributed by atoms with van der Waals surface area (Å²) in [6.07, 6.45) is 5.31. The number of thiophene rings is 1. The molecule has 4 heteroatoms. The van der Waals surface area contributed by atoms with E-state index in [1.807, 2.05) is 6.07 Å². The molecule has 3 rings (SSSR count). The largest absolute Gasteiger partial charge is 0.300 e. The van der Waals surface area contributed by atoms with Crippen LogP contribution < -0.4 is 0 Å². The third kappa shape index (κ3) is 4.01. The van der Waals surface area contributed by atoms with Crippen molar-refractivity contribution in [2.24, 2.45) is 0 Å². The van der Waals surface area contributed by atoms with Crippen molar-refractivity contribution in [2.75, 3.05) is 13.1 Å². The summed E-state index contributed by atoms with van der Waals surface area (Å²) < 4.78 is 14.3. The van der Waals surface area contributed by atoms with Crippen LogP contribution >= 0.6 is 23.7 Å². The fraction of sp³-hybridized carbons (Fsp3) is 0.500. The number of nitrogens with zero attached hydrogens (tertiary/aromatic N) is 1. The fourth-order valence-electron chi connectivity index (χ4n) is 3.84. The lowest BCUT2D eigenvalue weighted by atomic mass is 9.83. The Morgan fingerprint density at radius 3 is 2.50 bits per heavy atom. The maximum absolute atomic E-state index is 14.3. The summed E-state index contributed by atoms with van der Waals surface area (Å²) in [6.45, 7) is 6.79. The molecule has 1 aliphatic carbocycles. The van der Waals surface area contributed by atoms with Gasteiger partial charge in [0.25, 0.3) is 0 Å². The summed E-state index contributed by atoms with van der Waals surface area (Å²) in [5, 5.41) is 2.10. The van der Waals surface area contributed by atoms with E-state index in [-0.39, 0.29) is 18.2 Å². The minimum absolute atomic E-state index is 0. The molecule has 0 radical (unpaired) electrons. The molecule has 0 saturated heterocycles. The zero-order valence-corrected chi connectivity index (χ0v) is 16.2. The molecule has 132 valence electrons. The quantitative estimate of drug-likeness (QED) is 0.609. The van der Waals surface area contributed by atoms with Crippen LogP contribution in [0.5, 0.6) is 0 Å². The highest BCUT2D eigenvalue weighted by Gasteiger charge is 2.27. The summed E-state index contributed by atoms with van der Waals surface area (Å²) in [5.41, 5.74) is 3.45. The van der Waals surface area contributed by atoms with Gasteiger partial charge in [-0.25, -0.2) is 4.39 Å². The second-order valence-electron chi connectivity index (χ2n) is 6.46. The molecule has 0 amide bonds. The average Bonchev–Trinajstić information content (AvgIpc) is 3.09. The molecule has 0 N–H and O–H groups in total. The van der Waals surface area contributed by atoms with Crippen molar-refractivity contribution >= 4 is 23.7 Å². The summed E-state index contributed by atoms with van der Waals surface area (Å²) in [5.74, 6) is -0.0173. The Balaban J connectivity index is 0.00000208. The Kier molecular flexibility index (Phi) is 7.27. The molecular weight excluding hydrogens is 341 g/mol. The van der Waals surface area contributed by atoms with Crippen LogP contribution in [0.1, 0.15) is 44.2 Å². The minimum Gasteiger partial charge on any atom is -0.300 e. The van der Waals surface area contributed by atoms with E-state index >= 15 is 0 Å². The first kappa shape index (κ1) is 19.4. The van der Waals surface area contributed by atoms with Crippen molar-refractivity contribution in [2.45, 2.75) is 52.0 Å². The summed E-state index contributed by atoms with van der Waals surface area (Å²) >= 11 is 1.75. The second kappa shape index (κ2) is 8.98. The smallest absolute Gasteiger partial charge is 0.126 e. The summed E-state index contributed by atoms with van der Waals surface area (Å²) in [6, 6.07) is 8.42. The van der Waals surface area contributed by atoms with E-state index in [0.29, 0.717) is 6.04 Å². The molecule has 24 heavy (non-hydrogen) atoms. The van der Waals surface area contributed by atoms with E-state index in [0.717, 1.165) is 37.9 Å². The predicted molar refractivity (Wildman–Crippen MR) is 105 cm³/mol. The van der Waals surface area contributed by atoms with Crippen LogP contribution in [0.3, 0.4) is 0 Å². The maximum Gasteiger partial charge on any atom is 0.126 e. The van der Waals surface area contributed by atoms with Gasteiger partial charge in [-0.2, -0.15) is 0 Å². The van der Waals surface area contributed by atoms with Crippen molar-refractivity contribution < 1.29 is 4.39 Å². The predicted octanol–water partition coefficient (Wildman–Crippen LogP) is 5.96. The van der Waals surface area contributed by atoms with Crippen LogP contribution in [-0.2, 0) is 12.8 Å². The third-order valence-electron chi connectivity index (χ3n) is 4.87. The highest BCUT2D eigenvalue weighted by atomic mass is 35.5. The molecule has 1 aromatic carbocycles. The first-order chi connectivity index (χ1) is 11.2. The molecule has 0 fully saturated rings. The van der Waals surface area contributed by atoms with Gasteiger partial charge in [0.05, 0.1) is 0 Å². The topological polar surface area (TPSA) is 3.24 Å². The molecule has 0 bridgehead atoms. The zero-order chi connectivity index (χ0) is 16.2. The highest BCUT2D eigenvalue weighted by molar-refractivity contribution is 7.13. The first-order valence-corrected chi connectivity index (χ1v) is 9.70. The molecule has 0 aliphatic heterocycles.